The number of esters is 1. The molecule has 0 aliphatic carbocycles. The molecule has 1 fully saturated rings. The first kappa shape index (κ1) is 16.1. The molecule has 2 aromatic rings. The fraction of sp³-hybridized carbons (Fsp3) is 0.263. The number of carbonyl (C=O) groups is 2. The Balaban J connectivity index is 1.86. The first-order valence-corrected chi connectivity index (χ1v) is 7.80. The maximum Gasteiger partial charge on any atom is 0.414 e. The molecule has 3 rings (SSSR count). The van der Waals surface area contributed by atoms with Gasteiger partial charge in [0.05, 0.1) is 12.1 Å². The van der Waals surface area contributed by atoms with Crippen LogP contribution < -0.4 is 9.64 Å². The number of ether oxygens (including phenoxy) is 2. The second kappa shape index (κ2) is 6.35. The van der Waals surface area contributed by atoms with Crippen LogP contribution in [-0.4, -0.2) is 25.2 Å². The molecule has 1 aliphatic rings. The fourth-order valence-corrected chi connectivity index (χ4v) is 2.66. The SMILES string of the molecule is Cc1ccc(C)c(OC(=O)c2cccc(N3CCOC3=O)c2)c1C. The van der Waals surface area contributed by atoms with Crippen molar-refractivity contribution >= 4 is 17.7 Å². The number of carbonyl (C=O) groups excluding carboxylic acids is 2. The molecular weight excluding hydrogens is 306 g/mol. The van der Waals surface area contributed by atoms with Crippen molar-refractivity contribution in [2.75, 3.05) is 18.1 Å². The highest BCUT2D eigenvalue weighted by Crippen LogP contribution is 2.27. The predicted octanol–water partition coefficient (Wildman–Crippen LogP) is 3.79. The van der Waals surface area contributed by atoms with Crippen LogP contribution in [-0.2, 0) is 4.74 Å². The minimum Gasteiger partial charge on any atom is -0.447 e. The van der Waals surface area contributed by atoms with Crippen LogP contribution >= 0.6 is 0 Å². The fourth-order valence-electron chi connectivity index (χ4n) is 2.66. The van der Waals surface area contributed by atoms with Gasteiger partial charge in [-0.25, -0.2) is 9.59 Å². The largest absolute Gasteiger partial charge is 0.447 e. The minimum absolute atomic E-state index is 0.356. The maximum atomic E-state index is 12.5. The molecule has 0 bridgehead atoms. The summed E-state index contributed by atoms with van der Waals surface area (Å²) in [7, 11) is 0. The van der Waals surface area contributed by atoms with Gasteiger partial charge in [0.25, 0.3) is 0 Å². The van der Waals surface area contributed by atoms with Gasteiger partial charge in [-0.15, -0.1) is 0 Å². The second-order valence-electron chi connectivity index (χ2n) is 5.86. The van der Waals surface area contributed by atoms with Crippen molar-refractivity contribution in [2.24, 2.45) is 0 Å². The van der Waals surface area contributed by atoms with Crippen LogP contribution in [0.3, 0.4) is 0 Å². The molecule has 1 aliphatic heterocycles. The van der Waals surface area contributed by atoms with E-state index in [2.05, 4.69) is 0 Å². The van der Waals surface area contributed by atoms with E-state index in [1.54, 1.807) is 24.3 Å². The lowest BCUT2D eigenvalue weighted by atomic mass is 10.1. The molecule has 0 radical (unpaired) electrons. The molecule has 5 nitrogen and oxygen atoms in total. The molecular formula is C19H19NO4. The number of rotatable bonds is 3. The van der Waals surface area contributed by atoms with Crippen LogP contribution in [0.15, 0.2) is 36.4 Å². The molecule has 0 aromatic heterocycles. The van der Waals surface area contributed by atoms with Crippen molar-refractivity contribution in [3.63, 3.8) is 0 Å². The number of nitrogens with zero attached hydrogens (tertiary/aromatic N) is 1. The van der Waals surface area contributed by atoms with Gasteiger partial charge in [-0.05, 0) is 55.7 Å². The maximum absolute atomic E-state index is 12.5. The van der Waals surface area contributed by atoms with Crippen molar-refractivity contribution in [3.05, 3.63) is 58.7 Å². The van der Waals surface area contributed by atoms with Crippen molar-refractivity contribution in [1.82, 2.24) is 0 Å². The number of aryl methyl sites for hydroxylation is 2. The Kier molecular flexibility index (Phi) is 4.25. The molecule has 5 heteroatoms. The van der Waals surface area contributed by atoms with Gasteiger partial charge in [-0.1, -0.05) is 18.2 Å². The third-order valence-corrected chi connectivity index (χ3v) is 4.22. The monoisotopic (exact) mass is 325 g/mol. The van der Waals surface area contributed by atoms with Crippen LogP contribution in [0.4, 0.5) is 10.5 Å². The Hall–Kier alpha value is -2.82. The molecule has 124 valence electrons. The zero-order valence-electron chi connectivity index (χ0n) is 14.0. The van der Waals surface area contributed by atoms with Crippen molar-refractivity contribution < 1.29 is 19.1 Å². The van der Waals surface area contributed by atoms with Crippen LogP contribution in [0.25, 0.3) is 0 Å². The summed E-state index contributed by atoms with van der Waals surface area (Å²) in [6.45, 7) is 6.65. The number of cyclic esters (lactones) is 1. The van der Waals surface area contributed by atoms with E-state index in [4.69, 9.17) is 9.47 Å². The lowest BCUT2D eigenvalue weighted by Gasteiger charge is -2.15. The minimum atomic E-state index is -0.443. The van der Waals surface area contributed by atoms with Gasteiger partial charge in [0.15, 0.2) is 0 Å². The summed E-state index contributed by atoms with van der Waals surface area (Å²) in [5.41, 5.74) is 3.95. The van der Waals surface area contributed by atoms with Gasteiger partial charge in [0.2, 0.25) is 0 Å². The first-order valence-electron chi connectivity index (χ1n) is 7.80. The average Bonchev–Trinajstić information content (AvgIpc) is 3.01. The molecule has 0 spiro atoms. The van der Waals surface area contributed by atoms with Crippen LogP contribution in [0.2, 0.25) is 0 Å². The van der Waals surface area contributed by atoms with Gasteiger partial charge in [-0.3, -0.25) is 4.90 Å². The van der Waals surface area contributed by atoms with E-state index in [0.29, 0.717) is 30.2 Å². The quantitative estimate of drug-likeness (QED) is 0.636. The van der Waals surface area contributed by atoms with E-state index in [0.717, 1.165) is 16.7 Å². The summed E-state index contributed by atoms with van der Waals surface area (Å²) in [4.78, 5) is 25.7. The average molecular weight is 325 g/mol. The Morgan fingerprint density at radius 3 is 2.58 bits per heavy atom. The van der Waals surface area contributed by atoms with Crippen molar-refractivity contribution in [3.8, 4) is 5.75 Å². The smallest absolute Gasteiger partial charge is 0.414 e. The predicted molar refractivity (Wildman–Crippen MR) is 90.7 cm³/mol. The number of hydrogen-bond acceptors (Lipinski definition) is 4. The van der Waals surface area contributed by atoms with E-state index >= 15 is 0 Å². The normalized spacial score (nSPS) is 13.8. The molecule has 1 heterocycles. The number of benzene rings is 2. The highest BCUT2D eigenvalue weighted by Gasteiger charge is 2.24. The van der Waals surface area contributed by atoms with Crippen LogP contribution in [0.5, 0.6) is 5.75 Å². The highest BCUT2D eigenvalue weighted by molar-refractivity contribution is 5.95. The van der Waals surface area contributed by atoms with E-state index in [1.165, 1.54) is 4.90 Å². The Bertz CT molecular complexity index is 813. The number of anilines is 1. The van der Waals surface area contributed by atoms with Crippen molar-refractivity contribution in [2.45, 2.75) is 20.8 Å². The first-order chi connectivity index (χ1) is 11.5. The van der Waals surface area contributed by atoms with Gasteiger partial charge in [-0.2, -0.15) is 0 Å². The van der Waals surface area contributed by atoms with Crippen LogP contribution in [0, 0.1) is 20.8 Å². The molecule has 24 heavy (non-hydrogen) atoms. The van der Waals surface area contributed by atoms with Gasteiger partial charge >= 0.3 is 12.1 Å². The molecule has 0 N–H and O–H groups in total. The second-order valence-corrected chi connectivity index (χ2v) is 5.86. The van der Waals surface area contributed by atoms with Gasteiger partial charge in [0, 0.05) is 5.69 Å². The summed E-state index contributed by atoms with van der Waals surface area (Å²) >= 11 is 0. The molecule has 0 saturated carbocycles. The lowest BCUT2D eigenvalue weighted by Crippen LogP contribution is -2.23. The summed E-state index contributed by atoms with van der Waals surface area (Å²) < 4.78 is 10.5. The Labute approximate surface area is 140 Å². The van der Waals surface area contributed by atoms with E-state index < -0.39 is 12.1 Å². The zero-order chi connectivity index (χ0) is 17.3. The third kappa shape index (κ3) is 2.97. The summed E-state index contributed by atoms with van der Waals surface area (Å²) in [5, 5.41) is 0. The van der Waals surface area contributed by atoms with Gasteiger partial charge in [0.1, 0.15) is 12.4 Å². The molecule has 1 amide bonds. The Morgan fingerprint density at radius 1 is 1.12 bits per heavy atom. The summed E-state index contributed by atoms with van der Waals surface area (Å²) in [5.74, 6) is 0.146. The lowest BCUT2D eigenvalue weighted by molar-refractivity contribution is 0.0732. The zero-order valence-corrected chi connectivity index (χ0v) is 14.0. The van der Waals surface area contributed by atoms with E-state index in [9.17, 15) is 9.59 Å². The highest BCUT2D eigenvalue weighted by atomic mass is 16.6. The third-order valence-electron chi connectivity index (χ3n) is 4.22. The summed E-state index contributed by atoms with van der Waals surface area (Å²) in [6.07, 6.45) is -0.397. The molecule has 0 atom stereocenters. The number of amides is 1. The van der Waals surface area contributed by atoms with E-state index in [-0.39, 0.29) is 0 Å². The van der Waals surface area contributed by atoms with Gasteiger partial charge < -0.3 is 9.47 Å². The molecule has 2 aromatic carbocycles. The topological polar surface area (TPSA) is 55.8 Å². The number of hydrogen-bond donors (Lipinski definition) is 0. The molecule has 1 saturated heterocycles. The van der Waals surface area contributed by atoms with E-state index in [1.807, 2.05) is 32.9 Å². The van der Waals surface area contributed by atoms with Crippen molar-refractivity contribution in [1.29, 1.82) is 0 Å². The van der Waals surface area contributed by atoms with Crippen LogP contribution in [0.1, 0.15) is 27.0 Å². The Morgan fingerprint density at radius 2 is 1.88 bits per heavy atom. The molecule has 0 unspecified atom stereocenters. The summed E-state index contributed by atoms with van der Waals surface area (Å²) in [6, 6.07) is 10.8. The standard InChI is InChI=1S/C19H19NO4/c1-12-7-8-13(2)17(14(12)3)24-18(21)15-5-4-6-16(11-15)20-9-10-23-19(20)22/h4-8,11H,9-10H2,1-3H3.